The van der Waals surface area contributed by atoms with Crippen LogP contribution in [-0.4, -0.2) is 24.0 Å². The molecule has 0 heterocycles. The average molecular weight is 609 g/mol. The van der Waals surface area contributed by atoms with Crippen molar-refractivity contribution in [1.29, 1.82) is 0 Å². The molecule has 4 N–H and O–H groups in total. The zero-order valence-electron chi connectivity index (χ0n) is 26.5. The SMILES string of the molecule is CCCCCC[C@H](C/C=C\CCCCCCCC(=O)OCc1ccc(N)cc1)OC(=O)CCC(=O)OCc1ccc(N)cc1. The summed E-state index contributed by atoms with van der Waals surface area (Å²) < 4.78 is 16.3. The molecule has 1 atom stereocenters. The van der Waals surface area contributed by atoms with Crippen LogP contribution in [0.5, 0.6) is 0 Å². The number of anilines is 2. The number of carbonyl (C=O) groups is 3. The topological polar surface area (TPSA) is 131 Å². The molecular formula is C36H52N2O6. The van der Waals surface area contributed by atoms with Crippen molar-refractivity contribution >= 4 is 29.3 Å². The summed E-state index contributed by atoms with van der Waals surface area (Å²) in [5.41, 5.74) is 14.5. The number of nitrogen functional groups attached to an aromatic ring is 2. The molecule has 242 valence electrons. The van der Waals surface area contributed by atoms with E-state index in [1.165, 1.54) is 6.42 Å². The molecule has 0 saturated carbocycles. The fraction of sp³-hybridized carbons (Fsp3) is 0.528. The minimum atomic E-state index is -0.424. The van der Waals surface area contributed by atoms with E-state index in [1.807, 2.05) is 12.1 Å². The van der Waals surface area contributed by atoms with Gasteiger partial charge in [0.1, 0.15) is 19.3 Å². The van der Waals surface area contributed by atoms with Crippen molar-refractivity contribution in [3.05, 3.63) is 71.8 Å². The summed E-state index contributed by atoms with van der Waals surface area (Å²) in [5, 5.41) is 0. The predicted molar refractivity (Wildman–Crippen MR) is 175 cm³/mol. The Kier molecular flexibility index (Phi) is 18.8. The highest BCUT2D eigenvalue weighted by Gasteiger charge is 2.15. The third kappa shape index (κ3) is 18.0. The number of hydrogen-bond acceptors (Lipinski definition) is 8. The van der Waals surface area contributed by atoms with Crippen molar-refractivity contribution in [3.63, 3.8) is 0 Å². The molecule has 0 aliphatic rings. The number of rotatable bonds is 23. The van der Waals surface area contributed by atoms with Crippen molar-refractivity contribution in [1.82, 2.24) is 0 Å². The number of esters is 3. The standard InChI is InChI=1S/C36H52N2O6/c1-2-3-4-11-14-33(44-36(41)26-25-35(40)43-28-30-19-23-32(38)24-20-30)15-12-9-7-5-6-8-10-13-16-34(39)42-27-29-17-21-31(37)22-18-29/h9,12,17-24,33H,2-8,10-11,13-16,25-28,37-38H2,1H3/b12-9-/t33-/m1/s1. The van der Waals surface area contributed by atoms with Gasteiger partial charge in [0, 0.05) is 24.2 Å². The van der Waals surface area contributed by atoms with E-state index in [0.29, 0.717) is 24.2 Å². The van der Waals surface area contributed by atoms with Gasteiger partial charge in [0.25, 0.3) is 0 Å². The molecule has 0 spiro atoms. The van der Waals surface area contributed by atoms with Gasteiger partial charge in [-0.1, -0.05) is 81.9 Å². The summed E-state index contributed by atoms with van der Waals surface area (Å²) in [6.45, 7) is 2.61. The molecule has 8 heteroatoms. The molecule has 0 aromatic heterocycles. The molecule has 2 rings (SSSR count). The molecule has 0 aliphatic carbocycles. The molecule has 2 aromatic carbocycles. The second-order valence-electron chi connectivity index (χ2n) is 11.3. The summed E-state index contributed by atoms with van der Waals surface area (Å²) in [5.74, 6) is -0.950. The lowest BCUT2D eigenvalue weighted by Crippen LogP contribution is -2.19. The molecular weight excluding hydrogens is 556 g/mol. The van der Waals surface area contributed by atoms with Crippen LogP contribution in [0.4, 0.5) is 11.4 Å². The van der Waals surface area contributed by atoms with Crippen LogP contribution in [0.2, 0.25) is 0 Å². The number of hydrogen-bond donors (Lipinski definition) is 2. The number of nitrogens with two attached hydrogens (primary N) is 2. The van der Waals surface area contributed by atoms with Crippen LogP contribution in [0.3, 0.4) is 0 Å². The van der Waals surface area contributed by atoms with Crippen LogP contribution in [-0.2, 0) is 41.8 Å². The van der Waals surface area contributed by atoms with E-state index >= 15 is 0 Å². The van der Waals surface area contributed by atoms with Gasteiger partial charge in [0.15, 0.2) is 0 Å². The summed E-state index contributed by atoms with van der Waals surface area (Å²) in [6, 6.07) is 14.5. The number of allylic oxidation sites excluding steroid dienone is 1. The molecule has 0 amide bonds. The molecule has 0 saturated heterocycles. The highest BCUT2D eigenvalue weighted by Crippen LogP contribution is 2.15. The van der Waals surface area contributed by atoms with E-state index in [-0.39, 0.29) is 44.1 Å². The largest absolute Gasteiger partial charge is 0.462 e. The van der Waals surface area contributed by atoms with Gasteiger partial charge in [-0.3, -0.25) is 14.4 Å². The first-order chi connectivity index (χ1) is 21.4. The lowest BCUT2D eigenvalue weighted by molar-refractivity contribution is -0.154. The minimum absolute atomic E-state index is 0.00297. The number of unbranched alkanes of at least 4 members (excludes halogenated alkanes) is 8. The first-order valence-corrected chi connectivity index (χ1v) is 16.2. The second-order valence-corrected chi connectivity index (χ2v) is 11.3. The van der Waals surface area contributed by atoms with Crippen molar-refractivity contribution in [2.45, 2.75) is 123 Å². The van der Waals surface area contributed by atoms with Gasteiger partial charge in [-0.25, -0.2) is 0 Å². The van der Waals surface area contributed by atoms with Gasteiger partial charge < -0.3 is 25.7 Å². The molecule has 8 nitrogen and oxygen atoms in total. The number of carbonyl (C=O) groups excluding carboxylic acids is 3. The predicted octanol–water partition coefficient (Wildman–Crippen LogP) is 7.98. The maximum absolute atomic E-state index is 12.5. The Labute approximate surface area is 263 Å². The normalized spacial score (nSPS) is 11.8. The Morgan fingerprint density at radius 3 is 1.77 bits per heavy atom. The molecule has 0 fully saturated rings. The summed E-state index contributed by atoms with van der Waals surface area (Å²) in [7, 11) is 0. The average Bonchev–Trinajstić information content (AvgIpc) is 3.02. The van der Waals surface area contributed by atoms with Crippen molar-refractivity contribution < 1.29 is 28.6 Å². The maximum atomic E-state index is 12.5. The Balaban J connectivity index is 1.56. The minimum Gasteiger partial charge on any atom is -0.462 e. The van der Waals surface area contributed by atoms with Crippen molar-refractivity contribution in [2.24, 2.45) is 0 Å². The molecule has 0 unspecified atom stereocenters. The van der Waals surface area contributed by atoms with Crippen LogP contribution in [0, 0.1) is 0 Å². The van der Waals surface area contributed by atoms with Gasteiger partial charge >= 0.3 is 17.9 Å². The highest BCUT2D eigenvalue weighted by molar-refractivity contribution is 5.77. The third-order valence-corrected chi connectivity index (χ3v) is 7.29. The van der Waals surface area contributed by atoms with E-state index in [2.05, 4.69) is 19.1 Å². The quantitative estimate of drug-likeness (QED) is 0.0427. The smallest absolute Gasteiger partial charge is 0.306 e. The van der Waals surface area contributed by atoms with Gasteiger partial charge in [-0.15, -0.1) is 0 Å². The zero-order chi connectivity index (χ0) is 31.8. The highest BCUT2D eigenvalue weighted by atomic mass is 16.5. The van der Waals surface area contributed by atoms with Crippen molar-refractivity contribution in [3.8, 4) is 0 Å². The summed E-state index contributed by atoms with van der Waals surface area (Å²) in [6.07, 6.45) is 16.6. The first-order valence-electron chi connectivity index (χ1n) is 16.2. The van der Waals surface area contributed by atoms with Crippen LogP contribution in [0.1, 0.15) is 114 Å². The first kappa shape index (κ1) is 36.4. The monoisotopic (exact) mass is 608 g/mol. The van der Waals surface area contributed by atoms with Crippen LogP contribution in [0.15, 0.2) is 60.7 Å². The molecule has 0 radical (unpaired) electrons. The lowest BCUT2D eigenvalue weighted by Gasteiger charge is -2.16. The van der Waals surface area contributed by atoms with E-state index in [4.69, 9.17) is 25.7 Å². The van der Waals surface area contributed by atoms with Gasteiger partial charge in [0.05, 0.1) is 12.8 Å². The maximum Gasteiger partial charge on any atom is 0.306 e. The third-order valence-electron chi connectivity index (χ3n) is 7.29. The number of ether oxygens (including phenoxy) is 3. The molecule has 0 aliphatic heterocycles. The van der Waals surface area contributed by atoms with Crippen molar-refractivity contribution in [2.75, 3.05) is 11.5 Å². The van der Waals surface area contributed by atoms with E-state index in [0.717, 1.165) is 75.3 Å². The lowest BCUT2D eigenvalue weighted by atomic mass is 10.1. The number of benzene rings is 2. The van der Waals surface area contributed by atoms with Gasteiger partial charge in [0.2, 0.25) is 0 Å². The van der Waals surface area contributed by atoms with Gasteiger partial charge in [-0.05, 0) is 67.5 Å². The molecule has 44 heavy (non-hydrogen) atoms. The van der Waals surface area contributed by atoms with Crippen LogP contribution in [0.25, 0.3) is 0 Å². The second kappa shape index (κ2) is 22.7. The van der Waals surface area contributed by atoms with Gasteiger partial charge in [-0.2, -0.15) is 0 Å². The Bertz CT molecular complexity index is 1110. The summed E-state index contributed by atoms with van der Waals surface area (Å²) in [4.78, 5) is 36.5. The molecule has 0 bridgehead atoms. The Morgan fingerprint density at radius 2 is 1.16 bits per heavy atom. The summed E-state index contributed by atoms with van der Waals surface area (Å²) >= 11 is 0. The van der Waals surface area contributed by atoms with E-state index in [9.17, 15) is 14.4 Å². The van der Waals surface area contributed by atoms with E-state index in [1.54, 1.807) is 36.4 Å². The zero-order valence-corrected chi connectivity index (χ0v) is 26.5. The Morgan fingerprint density at radius 1 is 0.636 bits per heavy atom. The fourth-order valence-corrected chi connectivity index (χ4v) is 4.60. The Hall–Kier alpha value is -3.81. The van der Waals surface area contributed by atoms with Crippen LogP contribution < -0.4 is 11.5 Å². The van der Waals surface area contributed by atoms with E-state index < -0.39 is 5.97 Å². The fourth-order valence-electron chi connectivity index (χ4n) is 4.60. The van der Waals surface area contributed by atoms with Crippen LogP contribution >= 0.6 is 0 Å². The molecule has 2 aromatic rings.